The van der Waals surface area contributed by atoms with Crippen LogP contribution in [0.25, 0.3) is 0 Å². The predicted octanol–water partition coefficient (Wildman–Crippen LogP) is 2.33. The Morgan fingerprint density at radius 3 is 2.19 bits per heavy atom. The summed E-state index contributed by atoms with van der Waals surface area (Å²) in [5, 5.41) is 9.27. The quantitative estimate of drug-likeness (QED) is 0.368. The molecule has 0 unspecified atom stereocenters. The molecule has 7 nitrogen and oxygen atoms in total. The van der Waals surface area contributed by atoms with Gasteiger partial charge in [-0.05, 0) is 52.4 Å². The second-order valence-electron chi connectivity index (χ2n) is 7.69. The Morgan fingerprint density at radius 1 is 1.04 bits per heavy atom. The van der Waals surface area contributed by atoms with Crippen LogP contribution in [-0.2, 0) is 17.8 Å². The number of hydrogen-bond acceptors (Lipinski definition) is 4. The van der Waals surface area contributed by atoms with E-state index >= 15 is 0 Å². The number of alkyl carbamates (subject to hydrolysis) is 1. The average Bonchev–Trinajstić information content (AvgIpc) is 2.56. The molecule has 0 spiro atoms. The van der Waals surface area contributed by atoms with Crippen LogP contribution in [0.2, 0.25) is 0 Å². The summed E-state index contributed by atoms with van der Waals surface area (Å²) in [5.74, 6) is 0.740. The minimum absolute atomic E-state index is 0.386. The molecule has 0 bridgehead atoms. The molecule has 3 N–H and O–H groups in total. The highest BCUT2D eigenvalue weighted by atomic mass is 16.6. The molecular weight excluding hydrogens is 342 g/mol. The van der Waals surface area contributed by atoms with Gasteiger partial charge >= 0.3 is 6.09 Å². The number of nitrogens with zero attached hydrogens (tertiary/aromatic N) is 2. The summed E-state index contributed by atoms with van der Waals surface area (Å²) in [6.07, 6.45) is 0.391. The van der Waals surface area contributed by atoms with E-state index in [2.05, 4.69) is 64.2 Å². The minimum atomic E-state index is -0.473. The number of carbonyl (C=O) groups excluding carboxylic acids is 1. The normalized spacial score (nSPS) is 12.0. The largest absolute Gasteiger partial charge is 0.444 e. The summed E-state index contributed by atoms with van der Waals surface area (Å²) in [5.41, 5.74) is 2.02. The standard InChI is InChI=1S/C20H35N5O2/c1-20(2,3)27-19(26)23-13-7-12-22-18(21-4)24-14-16-8-10-17(11-9-16)15-25(5)6/h8-11H,7,12-15H2,1-6H3,(H,23,26)(H2,21,22,24). The molecule has 1 aromatic rings. The molecule has 0 aliphatic heterocycles. The summed E-state index contributed by atoms with van der Waals surface area (Å²) in [7, 11) is 5.87. The van der Waals surface area contributed by atoms with Gasteiger partial charge in [0.25, 0.3) is 0 Å². The van der Waals surface area contributed by atoms with Gasteiger partial charge in [-0.2, -0.15) is 0 Å². The van der Waals surface area contributed by atoms with E-state index in [0.29, 0.717) is 19.6 Å². The third kappa shape index (κ3) is 11.1. The summed E-state index contributed by atoms with van der Waals surface area (Å²) >= 11 is 0. The van der Waals surface area contributed by atoms with Crippen molar-refractivity contribution in [3.8, 4) is 0 Å². The van der Waals surface area contributed by atoms with Gasteiger partial charge in [-0.3, -0.25) is 4.99 Å². The van der Waals surface area contributed by atoms with Gasteiger partial charge in [0.2, 0.25) is 0 Å². The SMILES string of the molecule is CN=C(NCCCNC(=O)OC(C)(C)C)NCc1ccc(CN(C)C)cc1. The molecule has 0 saturated carbocycles. The van der Waals surface area contributed by atoms with E-state index in [0.717, 1.165) is 18.9 Å². The van der Waals surface area contributed by atoms with Crippen LogP contribution in [0.1, 0.15) is 38.3 Å². The summed E-state index contributed by atoms with van der Waals surface area (Å²) in [4.78, 5) is 17.9. The second kappa shape index (κ2) is 11.4. The minimum Gasteiger partial charge on any atom is -0.444 e. The van der Waals surface area contributed by atoms with Crippen LogP contribution < -0.4 is 16.0 Å². The van der Waals surface area contributed by atoms with Crippen molar-refractivity contribution in [1.29, 1.82) is 0 Å². The molecule has 1 rings (SSSR count). The molecule has 0 aliphatic rings. The van der Waals surface area contributed by atoms with Crippen molar-refractivity contribution in [2.24, 2.45) is 4.99 Å². The molecule has 0 heterocycles. The van der Waals surface area contributed by atoms with Gasteiger partial charge in [0.15, 0.2) is 5.96 Å². The number of amides is 1. The van der Waals surface area contributed by atoms with Crippen LogP contribution >= 0.6 is 0 Å². The van der Waals surface area contributed by atoms with Crippen LogP contribution in [0.3, 0.4) is 0 Å². The first-order chi connectivity index (χ1) is 12.7. The second-order valence-corrected chi connectivity index (χ2v) is 7.69. The molecule has 27 heavy (non-hydrogen) atoms. The Kier molecular flexibility index (Phi) is 9.64. The van der Waals surface area contributed by atoms with Crippen LogP contribution in [0.15, 0.2) is 29.3 Å². The average molecular weight is 378 g/mol. The summed E-state index contributed by atoms with van der Waals surface area (Å²) in [6, 6.07) is 8.55. The number of aliphatic imine (C=N–C) groups is 1. The summed E-state index contributed by atoms with van der Waals surface area (Å²) < 4.78 is 5.19. The Hall–Kier alpha value is -2.28. The fourth-order valence-electron chi connectivity index (χ4n) is 2.33. The molecule has 0 saturated heterocycles. The van der Waals surface area contributed by atoms with Gasteiger partial charge < -0.3 is 25.6 Å². The van der Waals surface area contributed by atoms with E-state index in [1.54, 1.807) is 7.05 Å². The van der Waals surface area contributed by atoms with E-state index in [9.17, 15) is 4.79 Å². The lowest BCUT2D eigenvalue weighted by molar-refractivity contribution is 0.0527. The Bertz CT molecular complexity index is 591. The lowest BCUT2D eigenvalue weighted by atomic mass is 10.1. The van der Waals surface area contributed by atoms with Gasteiger partial charge in [0.1, 0.15) is 5.60 Å². The molecule has 0 aliphatic carbocycles. The highest BCUT2D eigenvalue weighted by molar-refractivity contribution is 5.79. The Morgan fingerprint density at radius 2 is 1.63 bits per heavy atom. The zero-order valence-electron chi connectivity index (χ0n) is 17.6. The maximum Gasteiger partial charge on any atom is 0.407 e. The highest BCUT2D eigenvalue weighted by Crippen LogP contribution is 2.06. The van der Waals surface area contributed by atoms with Crippen molar-refractivity contribution >= 4 is 12.1 Å². The van der Waals surface area contributed by atoms with Crippen molar-refractivity contribution in [1.82, 2.24) is 20.9 Å². The number of nitrogens with one attached hydrogen (secondary N) is 3. The Labute approximate surface area is 163 Å². The smallest absolute Gasteiger partial charge is 0.407 e. The lowest BCUT2D eigenvalue weighted by Gasteiger charge is -2.19. The van der Waals surface area contributed by atoms with Crippen LogP contribution in [0.5, 0.6) is 0 Å². The molecule has 1 amide bonds. The molecule has 0 radical (unpaired) electrons. The van der Waals surface area contributed by atoms with Gasteiger partial charge in [0.05, 0.1) is 0 Å². The molecule has 0 fully saturated rings. The van der Waals surface area contributed by atoms with Crippen molar-refractivity contribution < 1.29 is 9.53 Å². The van der Waals surface area contributed by atoms with E-state index in [4.69, 9.17) is 4.74 Å². The first-order valence-electron chi connectivity index (χ1n) is 9.33. The lowest BCUT2D eigenvalue weighted by Crippen LogP contribution is -2.39. The fourth-order valence-corrected chi connectivity index (χ4v) is 2.33. The predicted molar refractivity (Wildman–Crippen MR) is 111 cm³/mol. The fraction of sp³-hybridized carbons (Fsp3) is 0.600. The topological polar surface area (TPSA) is 78.0 Å². The van der Waals surface area contributed by atoms with Gasteiger partial charge in [-0.1, -0.05) is 24.3 Å². The molecule has 152 valence electrons. The van der Waals surface area contributed by atoms with Crippen LogP contribution in [0.4, 0.5) is 4.79 Å². The molecule has 0 aromatic heterocycles. The van der Waals surface area contributed by atoms with Crippen molar-refractivity contribution in [2.45, 2.75) is 45.9 Å². The number of hydrogen-bond donors (Lipinski definition) is 3. The van der Waals surface area contributed by atoms with Crippen molar-refractivity contribution in [3.05, 3.63) is 35.4 Å². The highest BCUT2D eigenvalue weighted by Gasteiger charge is 2.15. The number of benzene rings is 1. The third-order valence-electron chi connectivity index (χ3n) is 3.52. The van der Waals surface area contributed by atoms with Gasteiger partial charge in [-0.25, -0.2) is 4.79 Å². The zero-order valence-corrected chi connectivity index (χ0v) is 17.6. The first-order valence-corrected chi connectivity index (χ1v) is 9.33. The molecule has 0 atom stereocenters. The van der Waals surface area contributed by atoms with Crippen LogP contribution in [0, 0.1) is 0 Å². The van der Waals surface area contributed by atoms with Crippen molar-refractivity contribution in [2.75, 3.05) is 34.2 Å². The van der Waals surface area contributed by atoms with E-state index in [-0.39, 0.29) is 6.09 Å². The van der Waals surface area contributed by atoms with E-state index < -0.39 is 5.60 Å². The number of rotatable bonds is 8. The third-order valence-corrected chi connectivity index (χ3v) is 3.52. The first kappa shape index (κ1) is 22.8. The van der Waals surface area contributed by atoms with Crippen LogP contribution in [-0.4, -0.2) is 56.8 Å². The van der Waals surface area contributed by atoms with Gasteiger partial charge in [0, 0.05) is 33.2 Å². The molecule has 1 aromatic carbocycles. The maximum atomic E-state index is 11.6. The zero-order chi connectivity index (χ0) is 20.3. The van der Waals surface area contributed by atoms with Gasteiger partial charge in [-0.15, -0.1) is 0 Å². The Balaban J connectivity index is 2.24. The molecule has 7 heteroatoms. The maximum absolute atomic E-state index is 11.6. The number of guanidine groups is 1. The van der Waals surface area contributed by atoms with E-state index in [1.165, 1.54) is 11.1 Å². The monoisotopic (exact) mass is 377 g/mol. The number of carbonyl (C=O) groups is 1. The molecular formula is C20H35N5O2. The summed E-state index contributed by atoms with van der Waals surface area (Å²) in [6.45, 7) is 8.44. The van der Waals surface area contributed by atoms with Crippen molar-refractivity contribution in [3.63, 3.8) is 0 Å². The number of ether oxygens (including phenoxy) is 1. The van der Waals surface area contributed by atoms with E-state index in [1.807, 2.05) is 20.8 Å².